The SMILES string of the molecule is Cl.Cl.O=C(NCC1CCN(CCCc2ccccc2)CC1)C1=CC2CNC3=CC=CC(=C1S(=O)(=O)O)N32. The Balaban J connectivity index is 0.00000190. The molecule has 4 aliphatic heterocycles. The van der Waals surface area contributed by atoms with Crippen molar-refractivity contribution in [3.63, 3.8) is 0 Å². The van der Waals surface area contributed by atoms with Crippen molar-refractivity contribution in [1.29, 1.82) is 0 Å². The zero-order valence-corrected chi connectivity index (χ0v) is 23.0. The second-order valence-electron chi connectivity index (χ2n) is 9.58. The number of hydrogen-bond acceptors (Lipinski definition) is 6. The van der Waals surface area contributed by atoms with E-state index in [9.17, 15) is 17.8 Å². The molecule has 4 heterocycles. The zero-order valence-electron chi connectivity index (χ0n) is 20.5. The van der Waals surface area contributed by atoms with Crippen LogP contribution >= 0.6 is 24.8 Å². The summed E-state index contributed by atoms with van der Waals surface area (Å²) < 4.78 is 34.5. The molecule has 1 atom stereocenters. The first-order chi connectivity index (χ1) is 16.9. The molecule has 4 aliphatic rings. The molecule has 11 heteroatoms. The average Bonchev–Trinajstić information content (AvgIpc) is 3.27. The van der Waals surface area contributed by atoms with Crippen molar-refractivity contribution in [1.82, 2.24) is 20.4 Å². The molecule has 1 aromatic rings. The van der Waals surface area contributed by atoms with Gasteiger partial charge in [-0.1, -0.05) is 36.4 Å². The smallest absolute Gasteiger partial charge is 0.297 e. The molecule has 37 heavy (non-hydrogen) atoms. The maximum Gasteiger partial charge on any atom is 0.297 e. The highest BCUT2D eigenvalue weighted by Gasteiger charge is 2.41. The second-order valence-corrected chi connectivity index (χ2v) is 10.9. The molecule has 0 aliphatic carbocycles. The monoisotopic (exact) mass is 568 g/mol. The number of allylic oxidation sites excluding steroid dienone is 3. The molecule has 1 aromatic carbocycles. The van der Waals surface area contributed by atoms with Crippen molar-refractivity contribution in [3.05, 3.63) is 82.2 Å². The minimum atomic E-state index is -4.59. The van der Waals surface area contributed by atoms with Crippen LogP contribution in [0, 0.1) is 5.92 Å². The summed E-state index contributed by atoms with van der Waals surface area (Å²) in [4.78, 5) is 17.1. The lowest BCUT2D eigenvalue weighted by Crippen LogP contribution is -2.41. The molecule has 0 aromatic heterocycles. The van der Waals surface area contributed by atoms with Crippen LogP contribution in [0.4, 0.5) is 0 Å². The van der Waals surface area contributed by atoms with Crippen molar-refractivity contribution in [3.8, 4) is 0 Å². The Morgan fingerprint density at radius 1 is 1.14 bits per heavy atom. The van der Waals surface area contributed by atoms with Crippen LogP contribution in [0.15, 0.2) is 76.6 Å². The largest absolute Gasteiger partial charge is 0.369 e. The Kier molecular flexibility index (Phi) is 9.88. The summed E-state index contributed by atoms with van der Waals surface area (Å²) in [5, 5.41) is 6.16. The molecule has 0 spiro atoms. The highest BCUT2D eigenvalue weighted by atomic mass is 35.5. The van der Waals surface area contributed by atoms with E-state index in [1.54, 1.807) is 18.2 Å². The summed E-state index contributed by atoms with van der Waals surface area (Å²) in [6, 6.07) is 10.4. The first-order valence-corrected chi connectivity index (χ1v) is 13.7. The van der Waals surface area contributed by atoms with Crippen LogP contribution < -0.4 is 10.6 Å². The molecule has 0 saturated carbocycles. The van der Waals surface area contributed by atoms with Crippen LogP contribution in [0.5, 0.6) is 0 Å². The van der Waals surface area contributed by atoms with E-state index < -0.39 is 16.0 Å². The summed E-state index contributed by atoms with van der Waals surface area (Å²) in [6.45, 7) is 4.13. The minimum absolute atomic E-state index is 0. The van der Waals surface area contributed by atoms with Crippen LogP contribution in [-0.2, 0) is 21.3 Å². The van der Waals surface area contributed by atoms with Gasteiger partial charge in [-0.3, -0.25) is 9.35 Å². The number of aryl methyl sites for hydroxylation is 1. The highest BCUT2D eigenvalue weighted by Crippen LogP contribution is 2.37. The third kappa shape index (κ3) is 6.59. The fourth-order valence-corrected chi connectivity index (χ4v) is 6.26. The van der Waals surface area contributed by atoms with E-state index in [-0.39, 0.29) is 41.3 Å². The molecule has 2 saturated heterocycles. The number of amides is 1. The van der Waals surface area contributed by atoms with Gasteiger partial charge in [0.2, 0.25) is 0 Å². The van der Waals surface area contributed by atoms with Crippen molar-refractivity contribution >= 4 is 40.8 Å². The van der Waals surface area contributed by atoms with Crippen LogP contribution in [-0.4, -0.2) is 67.4 Å². The van der Waals surface area contributed by atoms with Crippen LogP contribution in [0.2, 0.25) is 0 Å². The van der Waals surface area contributed by atoms with Gasteiger partial charge in [0.25, 0.3) is 16.0 Å². The third-order valence-electron chi connectivity index (χ3n) is 7.23. The number of benzene rings is 1. The summed E-state index contributed by atoms with van der Waals surface area (Å²) in [6.07, 6.45) is 11.0. The van der Waals surface area contributed by atoms with Gasteiger partial charge in [-0.2, -0.15) is 8.42 Å². The Morgan fingerprint density at radius 2 is 1.86 bits per heavy atom. The molecule has 5 rings (SSSR count). The van der Waals surface area contributed by atoms with Crippen LogP contribution in [0.3, 0.4) is 0 Å². The van der Waals surface area contributed by atoms with Gasteiger partial charge >= 0.3 is 0 Å². The van der Waals surface area contributed by atoms with Gasteiger partial charge < -0.3 is 20.4 Å². The fraction of sp³-hybridized carbons (Fsp3) is 0.423. The summed E-state index contributed by atoms with van der Waals surface area (Å²) in [5.74, 6) is 0.662. The van der Waals surface area contributed by atoms with E-state index in [1.807, 2.05) is 17.0 Å². The molecule has 1 unspecified atom stereocenters. The topological polar surface area (TPSA) is 102 Å². The molecule has 202 valence electrons. The summed E-state index contributed by atoms with van der Waals surface area (Å²) in [5.41, 5.74) is 1.72. The van der Waals surface area contributed by atoms with Gasteiger partial charge in [-0.05, 0) is 75.0 Å². The Hall–Kier alpha value is -2.30. The number of likely N-dealkylation sites (tertiary alicyclic amines) is 1. The number of halogens is 2. The lowest BCUT2D eigenvalue weighted by molar-refractivity contribution is -0.117. The van der Waals surface area contributed by atoms with Crippen molar-refractivity contribution in [2.45, 2.75) is 31.7 Å². The molecule has 8 nitrogen and oxygen atoms in total. The van der Waals surface area contributed by atoms with E-state index in [0.29, 0.717) is 24.7 Å². The first kappa shape index (κ1) is 29.3. The number of nitrogens with one attached hydrogen (secondary N) is 2. The van der Waals surface area contributed by atoms with Gasteiger partial charge in [0.05, 0.1) is 17.3 Å². The number of carbonyl (C=O) groups excluding carboxylic acids is 1. The fourth-order valence-electron chi connectivity index (χ4n) is 5.39. The quantitative estimate of drug-likeness (QED) is 0.414. The molecule has 0 bridgehead atoms. The first-order valence-electron chi connectivity index (χ1n) is 12.3. The van der Waals surface area contributed by atoms with E-state index >= 15 is 0 Å². The van der Waals surface area contributed by atoms with E-state index in [0.717, 1.165) is 51.1 Å². The molecule has 0 radical (unpaired) electrons. The normalized spacial score (nSPS) is 21.2. The molecule has 3 N–H and O–H groups in total. The standard InChI is InChI=1S/C26H32N4O4S.2ClH/c31-26(22-16-21-18-27-24-10-4-9-23(30(21)24)25(22)35(32,33)34)28-17-20-11-14-29(15-12-20)13-5-8-19-6-2-1-3-7-19;;/h1-4,6-7,9-10,16,20-21,27H,5,8,11-15,17-18H2,(H,28,31)(H,32,33,34);2*1H. The molecule has 1 amide bonds. The minimum Gasteiger partial charge on any atom is -0.369 e. The maximum absolute atomic E-state index is 13.1. The van der Waals surface area contributed by atoms with E-state index in [1.165, 1.54) is 5.56 Å². The van der Waals surface area contributed by atoms with E-state index in [2.05, 4.69) is 39.8 Å². The predicted molar refractivity (Wildman–Crippen MR) is 149 cm³/mol. The van der Waals surface area contributed by atoms with E-state index in [4.69, 9.17) is 0 Å². The lowest BCUT2D eigenvalue weighted by atomic mass is 9.96. The van der Waals surface area contributed by atoms with Crippen LogP contribution in [0.25, 0.3) is 0 Å². The predicted octanol–water partition coefficient (Wildman–Crippen LogP) is 3.02. The molecule has 2 fully saturated rings. The van der Waals surface area contributed by atoms with Gasteiger partial charge in [0, 0.05) is 13.1 Å². The van der Waals surface area contributed by atoms with Crippen LogP contribution in [0.1, 0.15) is 24.8 Å². The van der Waals surface area contributed by atoms with Gasteiger partial charge in [-0.15, -0.1) is 24.8 Å². The van der Waals surface area contributed by atoms with Gasteiger partial charge in [0.15, 0.2) is 0 Å². The third-order valence-corrected chi connectivity index (χ3v) is 8.18. The Morgan fingerprint density at radius 3 is 2.57 bits per heavy atom. The second kappa shape index (κ2) is 12.5. The number of piperidine rings is 1. The maximum atomic E-state index is 13.1. The summed E-state index contributed by atoms with van der Waals surface area (Å²) in [7, 11) is -4.59. The number of hydrogen-bond donors (Lipinski definition) is 3. The summed E-state index contributed by atoms with van der Waals surface area (Å²) >= 11 is 0. The number of rotatable bonds is 8. The number of carbonyl (C=O) groups is 1. The van der Waals surface area contributed by atoms with Gasteiger partial charge in [0.1, 0.15) is 10.7 Å². The molecular weight excluding hydrogens is 535 g/mol. The highest BCUT2D eigenvalue weighted by molar-refractivity contribution is 7.90. The Labute approximate surface area is 231 Å². The lowest BCUT2D eigenvalue weighted by Gasteiger charge is -2.34. The number of nitrogens with zero attached hydrogens (tertiary/aromatic N) is 2. The zero-order chi connectivity index (χ0) is 24.4. The Bertz CT molecular complexity index is 1210. The van der Waals surface area contributed by atoms with Crippen molar-refractivity contribution in [2.24, 2.45) is 5.92 Å². The average molecular weight is 570 g/mol. The molecular formula is C26H34Cl2N4O4S. The van der Waals surface area contributed by atoms with Gasteiger partial charge in [-0.25, -0.2) is 0 Å². The van der Waals surface area contributed by atoms with Crippen molar-refractivity contribution < 1.29 is 17.8 Å². The van der Waals surface area contributed by atoms with Crippen molar-refractivity contribution in [2.75, 3.05) is 32.7 Å².